The monoisotopic (exact) mass is 428 g/mol. The Kier molecular flexibility index (Phi) is 11.7. The number of ether oxygens (including phenoxy) is 4. The Morgan fingerprint density at radius 1 is 0.806 bits per heavy atom. The van der Waals surface area contributed by atoms with E-state index in [1.54, 1.807) is 12.1 Å². The van der Waals surface area contributed by atoms with Crippen LogP contribution in [0.5, 0.6) is 5.75 Å². The highest BCUT2D eigenvalue weighted by Crippen LogP contribution is 2.14. The molecule has 0 aliphatic rings. The summed E-state index contributed by atoms with van der Waals surface area (Å²) in [5, 5.41) is 0. The van der Waals surface area contributed by atoms with Crippen LogP contribution in [0.4, 0.5) is 0 Å². The van der Waals surface area contributed by atoms with Crippen LogP contribution in [-0.2, 0) is 19.0 Å². The van der Waals surface area contributed by atoms with Gasteiger partial charge in [0, 0.05) is 5.56 Å². The van der Waals surface area contributed by atoms with Gasteiger partial charge in [0.05, 0.1) is 19.8 Å². The molecule has 1 rings (SSSR count). The van der Waals surface area contributed by atoms with Gasteiger partial charge < -0.3 is 18.9 Å². The van der Waals surface area contributed by atoms with Crippen molar-refractivity contribution in [2.45, 2.75) is 26.7 Å². The van der Waals surface area contributed by atoms with Gasteiger partial charge in [0.2, 0.25) is 0 Å². The summed E-state index contributed by atoms with van der Waals surface area (Å²) in [5.41, 5.74) is 2.83. The van der Waals surface area contributed by atoms with E-state index in [0.717, 1.165) is 16.7 Å². The molecule has 0 radical (unpaired) electrons. The van der Waals surface area contributed by atoms with Crippen molar-refractivity contribution in [1.82, 2.24) is 0 Å². The van der Waals surface area contributed by atoms with E-state index in [2.05, 4.69) is 26.3 Å². The van der Waals surface area contributed by atoms with Crippen LogP contribution in [0.25, 0.3) is 0 Å². The normalized spacial score (nSPS) is 10.1. The summed E-state index contributed by atoms with van der Waals surface area (Å²) in [7, 11) is 0. The van der Waals surface area contributed by atoms with Crippen LogP contribution < -0.4 is 4.74 Å². The van der Waals surface area contributed by atoms with Crippen molar-refractivity contribution >= 4 is 11.8 Å². The predicted octanol–water partition coefficient (Wildman–Crippen LogP) is 4.83. The van der Waals surface area contributed by atoms with Crippen molar-refractivity contribution in [3.05, 3.63) is 78.6 Å². The third kappa shape index (κ3) is 10.5. The molecule has 6 heteroatoms. The highest BCUT2D eigenvalue weighted by molar-refractivity contribution is 6.40. The third-order valence-electron chi connectivity index (χ3n) is 4.24. The van der Waals surface area contributed by atoms with E-state index in [-0.39, 0.29) is 12.2 Å². The number of benzene rings is 1. The number of carbonyl (C=O) groups excluding carboxylic acids is 2. The molecule has 0 saturated carbocycles. The van der Waals surface area contributed by atoms with Crippen LogP contribution in [0.15, 0.2) is 73.1 Å². The van der Waals surface area contributed by atoms with Gasteiger partial charge in [-0.1, -0.05) is 37.5 Å². The fraction of sp³-hybridized carbons (Fsp3) is 0.360. The van der Waals surface area contributed by atoms with Crippen LogP contribution in [0, 0.1) is 0 Å². The van der Waals surface area contributed by atoms with Gasteiger partial charge in [-0.3, -0.25) is 4.79 Å². The fourth-order valence-electron chi connectivity index (χ4n) is 2.22. The number of hydrogen-bond acceptors (Lipinski definition) is 6. The quantitative estimate of drug-likeness (QED) is 0.0938. The average Bonchev–Trinajstić information content (AvgIpc) is 2.75. The molecule has 168 valence electrons. The predicted molar refractivity (Wildman–Crippen MR) is 121 cm³/mol. The molecule has 31 heavy (non-hydrogen) atoms. The fourth-order valence-corrected chi connectivity index (χ4v) is 2.22. The average molecular weight is 429 g/mol. The zero-order chi connectivity index (χ0) is 23.2. The molecule has 0 N–H and O–H groups in total. The van der Waals surface area contributed by atoms with E-state index in [1.165, 1.54) is 12.1 Å². The topological polar surface area (TPSA) is 71.1 Å². The molecule has 0 saturated heterocycles. The molecule has 0 unspecified atom stereocenters. The molecule has 1 aromatic rings. The second kappa shape index (κ2) is 14.0. The van der Waals surface area contributed by atoms with Gasteiger partial charge in [-0.25, -0.2) is 4.79 Å². The third-order valence-corrected chi connectivity index (χ3v) is 4.24. The van der Waals surface area contributed by atoms with E-state index in [0.29, 0.717) is 50.8 Å². The van der Waals surface area contributed by atoms with Crippen molar-refractivity contribution < 1.29 is 28.5 Å². The molecule has 0 amide bonds. The first-order chi connectivity index (χ1) is 14.7. The Balaban J connectivity index is 2.26. The summed E-state index contributed by atoms with van der Waals surface area (Å²) >= 11 is 0. The van der Waals surface area contributed by atoms with Gasteiger partial charge >= 0.3 is 5.97 Å². The maximum atomic E-state index is 12.2. The summed E-state index contributed by atoms with van der Waals surface area (Å²) in [6.45, 7) is 20.5. The molecule has 0 heterocycles. The van der Waals surface area contributed by atoms with Gasteiger partial charge in [-0.05, 0) is 56.5 Å². The van der Waals surface area contributed by atoms with Crippen LogP contribution in [0.2, 0.25) is 0 Å². The molecule has 0 spiro atoms. The van der Waals surface area contributed by atoms with E-state index in [1.807, 2.05) is 13.8 Å². The first-order valence-corrected chi connectivity index (χ1v) is 10.1. The van der Waals surface area contributed by atoms with Crippen LogP contribution >= 0.6 is 0 Å². The number of hydrogen-bond donors (Lipinski definition) is 0. The number of allylic oxidation sites excluding steroid dienone is 3. The van der Waals surface area contributed by atoms with Crippen LogP contribution in [0.3, 0.4) is 0 Å². The number of rotatable bonds is 16. The van der Waals surface area contributed by atoms with E-state index >= 15 is 0 Å². The second-order valence-corrected chi connectivity index (χ2v) is 6.99. The molecule has 0 aliphatic heterocycles. The van der Waals surface area contributed by atoms with Crippen LogP contribution in [-0.4, -0.2) is 44.8 Å². The minimum atomic E-state index is -0.875. The maximum absolute atomic E-state index is 12.2. The largest absolute Gasteiger partial charge is 0.492 e. The van der Waals surface area contributed by atoms with Crippen molar-refractivity contribution in [3.63, 3.8) is 0 Å². The van der Waals surface area contributed by atoms with Gasteiger partial charge in [0.25, 0.3) is 5.78 Å². The number of Topliss-reactive ketones (excluding diaryl/α,β-unsaturated/α-hetero) is 1. The summed E-state index contributed by atoms with van der Waals surface area (Å²) in [4.78, 5) is 24.1. The van der Waals surface area contributed by atoms with Crippen molar-refractivity contribution in [2.75, 3.05) is 33.0 Å². The van der Waals surface area contributed by atoms with Crippen LogP contribution in [0.1, 0.15) is 37.0 Å². The Bertz CT molecular complexity index is 804. The maximum Gasteiger partial charge on any atom is 0.379 e. The second-order valence-electron chi connectivity index (χ2n) is 6.99. The lowest BCUT2D eigenvalue weighted by molar-refractivity contribution is -0.138. The van der Waals surface area contributed by atoms with E-state index in [4.69, 9.17) is 18.9 Å². The van der Waals surface area contributed by atoms with E-state index < -0.39 is 11.8 Å². The summed E-state index contributed by atoms with van der Waals surface area (Å²) in [6, 6.07) is 6.30. The number of carbonyl (C=O) groups is 2. The van der Waals surface area contributed by atoms with Crippen molar-refractivity contribution in [1.29, 1.82) is 0 Å². The smallest absolute Gasteiger partial charge is 0.379 e. The molecule has 0 fully saturated rings. The number of ketones is 1. The molecule has 0 atom stereocenters. The van der Waals surface area contributed by atoms with Crippen molar-refractivity contribution in [2.24, 2.45) is 0 Å². The summed E-state index contributed by atoms with van der Waals surface area (Å²) in [6.07, 6.45) is 1.26. The molecule has 0 aliphatic carbocycles. The minimum Gasteiger partial charge on any atom is -0.492 e. The Hall–Kier alpha value is -3.12. The summed E-state index contributed by atoms with van der Waals surface area (Å²) < 4.78 is 21.3. The van der Waals surface area contributed by atoms with Gasteiger partial charge in [0.1, 0.15) is 24.7 Å². The molecule has 6 nitrogen and oxygen atoms in total. The molecular weight excluding hydrogens is 396 g/mol. The zero-order valence-electron chi connectivity index (χ0n) is 18.5. The molecular formula is C25H32O6. The zero-order valence-corrected chi connectivity index (χ0v) is 18.5. The highest BCUT2D eigenvalue weighted by Gasteiger charge is 2.17. The minimum absolute atomic E-state index is 0.157. The Morgan fingerprint density at radius 3 is 2.06 bits per heavy atom. The lowest BCUT2D eigenvalue weighted by Gasteiger charge is -2.10. The molecule has 0 aromatic heterocycles. The first-order valence-electron chi connectivity index (χ1n) is 10.1. The summed E-state index contributed by atoms with van der Waals surface area (Å²) in [5.74, 6) is -0.449. The lowest BCUT2D eigenvalue weighted by Crippen LogP contribution is -2.18. The molecule has 0 bridgehead atoms. The van der Waals surface area contributed by atoms with Gasteiger partial charge in [0.15, 0.2) is 0 Å². The Labute approximate surface area is 184 Å². The Morgan fingerprint density at radius 2 is 1.45 bits per heavy atom. The number of esters is 1. The SMILES string of the molecule is C=C(C)C(=C)CCCOC(=O)C(=O)c1ccc(OCCOCCOC(=C)C(=C)C)cc1. The van der Waals surface area contributed by atoms with Gasteiger partial charge in [-0.2, -0.15) is 0 Å². The van der Waals surface area contributed by atoms with Crippen molar-refractivity contribution in [3.8, 4) is 5.75 Å². The highest BCUT2D eigenvalue weighted by atomic mass is 16.5. The van der Waals surface area contributed by atoms with E-state index in [9.17, 15) is 9.59 Å². The molecule has 1 aromatic carbocycles. The first kappa shape index (κ1) is 25.9. The lowest BCUT2D eigenvalue weighted by atomic mass is 10.1. The standard InChI is InChI=1S/C25H32O6/c1-18(2)20(5)8-7-13-31-25(27)24(26)22-9-11-23(12-10-22)30-17-15-28-14-16-29-21(6)19(3)4/h9-12H,1,3,5-8,13-17H2,2,4H3. The van der Waals surface area contributed by atoms with Gasteiger partial charge in [-0.15, -0.1) is 0 Å².